The van der Waals surface area contributed by atoms with Crippen LogP contribution in [0.3, 0.4) is 0 Å². The summed E-state index contributed by atoms with van der Waals surface area (Å²) in [6.45, 7) is 3.05. The zero-order valence-electron chi connectivity index (χ0n) is 5.76. The van der Waals surface area contributed by atoms with Crippen LogP contribution in [0.25, 0.3) is 0 Å². The van der Waals surface area contributed by atoms with E-state index in [0.717, 1.165) is 0 Å². The molecule has 2 nitrogen and oxygen atoms in total. The summed E-state index contributed by atoms with van der Waals surface area (Å²) in [5.41, 5.74) is -1.08. The van der Waals surface area contributed by atoms with Crippen molar-refractivity contribution in [3.8, 4) is 12.3 Å². The molecule has 0 aliphatic carbocycles. The monoisotopic (exact) mass is 128 g/mol. The van der Waals surface area contributed by atoms with Crippen LogP contribution < -0.4 is 0 Å². The molecule has 0 aliphatic heterocycles. The fraction of sp³-hybridized carbons (Fsp3) is 0.714. The summed E-state index contributed by atoms with van der Waals surface area (Å²) in [6.07, 6.45) is 4.29. The van der Waals surface area contributed by atoms with Gasteiger partial charge in [0.25, 0.3) is 0 Å². The van der Waals surface area contributed by atoms with E-state index in [9.17, 15) is 0 Å². The van der Waals surface area contributed by atoms with Gasteiger partial charge in [-0.15, -0.1) is 12.3 Å². The van der Waals surface area contributed by atoms with Crippen LogP contribution in [-0.4, -0.2) is 21.9 Å². The van der Waals surface area contributed by atoms with Crippen molar-refractivity contribution in [2.75, 3.05) is 0 Å². The van der Waals surface area contributed by atoms with Gasteiger partial charge >= 0.3 is 0 Å². The number of rotatable bonds is 2. The summed E-state index contributed by atoms with van der Waals surface area (Å²) in [5, 5.41) is 18.1. The number of terminal acetylenes is 1. The summed E-state index contributed by atoms with van der Waals surface area (Å²) in [7, 11) is 0. The summed E-state index contributed by atoms with van der Waals surface area (Å²) in [6, 6.07) is 0. The lowest BCUT2D eigenvalue weighted by Crippen LogP contribution is -2.35. The van der Waals surface area contributed by atoms with E-state index in [1.165, 1.54) is 13.8 Å². The second kappa shape index (κ2) is 2.86. The molecule has 9 heavy (non-hydrogen) atoms. The minimum atomic E-state index is -1.08. The van der Waals surface area contributed by atoms with Gasteiger partial charge in [-0.3, -0.25) is 0 Å². The van der Waals surface area contributed by atoms with Crippen LogP contribution in [0.5, 0.6) is 0 Å². The first-order valence-electron chi connectivity index (χ1n) is 2.82. The molecule has 0 heterocycles. The summed E-state index contributed by atoms with van der Waals surface area (Å²) >= 11 is 0. The molecule has 0 bridgehead atoms. The predicted molar refractivity (Wildman–Crippen MR) is 35.8 cm³/mol. The molecule has 1 atom stereocenters. The molecule has 52 valence electrons. The molecule has 0 aromatic carbocycles. The summed E-state index contributed by atoms with van der Waals surface area (Å²) < 4.78 is 0. The Bertz CT molecular complexity index is 116. The normalized spacial score (nSPS) is 14.6. The Morgan fingerprint density at radius 1 is 1.67 bits per heavy atom. The van der Waals surface area contributed by atoms with Crippen molar-refractivity contribution in [3.63, 3.8) is 0 Å². The van der Waals surface area contributed by atoms with Gasteiger partial charge in [0.05, 0.1) is 11.7 Å². The molecule has 0 aliphatic rings. The highest BCUT2D eigenvalue weighted by Gasteiger charge is 2.22. The van der Waals surface area contributed by atoms with E-state index in [0.29, 0.717) is 0 Å². The maximum atomic E-state index is 9.07. The van der Waals surface area contributed by atoms with Crippen molar-refractivity contribution in [2.24, 2.45) is 0 Å². The minimum absolute atomic E-state index is 0.198. The fourth-order valence-electron chi connectivity index (χ4n) is 0.361. The maximum absolute atomic E-state index is 9.07. The third-order valence-corrected chi connectivity index (χ3v) is 1.13. The predicted octanol–water partition coefficient (Wildman–Crippen LogP) is 0.141. The van der Waals surface area contributed by atoms with Gasteiger partial charge in [0, 0.05) is 6.42 Å². The first-order chi connectivity index (χ1) is 3.98. The van der Waals surface area contributed by atoms with Crippen molar-refractivity contribution in [1.82, 2.24) is 0 Å². The molecule has 0 saturated heterocycles. The third kappa shape index (κ3) is 3.12. The van der Waals surface area contributed by atoms with Gasteiger partial charge in [0.1, 0.15) is 0 Å². The first kappa shape index (κ1) is 8.48. The average molecular weight is 128 g/mol. The van der Waals surface area contributed by atoms with Crippen LogP contribution in [0.4, 0.5) is 0 Å². The molecule has 2 N–H and O–H groups in total. The van der Waals surface area contributed by atoms with Crippen molar-refractivity contribution < 1.29 is 10.2 Å². The molecule has 0 spiro atoms. The van der Waals surface area contributed by atoms with Gasteiger partial charge in [0.2, 0.25) is 0 Å². The lowest BCUT2D eigenvalue weighted by molar-refractivity contribution is -0.0445. The molecule has 0 aromatic heterocycles. The molecular formula is C7H12O2. The molecule has 0 fully saturated rings. The Morgan fingerprint density at radius 2 is 2.11 bits per heavy atom. The maximum Gasteiger partial charge on any atom is 0.0930 e. The summed E-state index contributed by atoms with van der Waals surface area (Å²) in [5.74, 6) is 2.26. The van der Waals surface area contributed by atoms with Gasteiger partial charge in [-0.2, -0.15) is 0 Å². The molecule has 0 rings (SSSR count). The molecule has 0 aromatic rings. The van der Waals surface area contributed by atoms with Gasteiger partial charge in [-0.1, -0.05) is 0 Å². The summed E-state index contributed by atoms with van der Waals surface area (Å²) in [4.78, 5) is 0. The number of aliphatic hydroxyl groups excluding tert-OH is 1. The Balaban J connectivity index is 3.76. The Morgan fingerprint density at radius 3 is 2.22 bits per heavy atom. The Hall–Kier alpha value is -0.520. The molecule has 1 unspecified atom stereocenters. The number of hydrogen-bond acceptors (Lipinski definition) is 2. The van der Waals surface area contributed by atoms with Crippen molar-refractivity contribution in [2.45, 2.75) is 32.0 Å². The van der Waals surface area contributed by atoms with Crippen molar-refractivity contribution in [1.29, 1.82) is 0 Å². The third-order valence-electron chi connectivity index (χ3n) is 1.13. The molecular weight excluding hydrogens is 116 g/mol. The lowest BCUT2D eigenvalue weighted by atomic mass is 10.00. The molecule has 0 amide bonds. The highest BCUT2D eigenvalue weighted by Crippen LogP contribution is 2.10. The van der Waals surface area contributed by atoms with Crippen LogP contribution in [0, 0.1) is 12.3 Å². The largest absolute Gasteiger partial charge is 0.389 e. The highest BCUT2D eigenvalue weighted by atomic mass is 16.3. The zero-order chi connectivity index (χ0) is 7.49. The van der Waals surface area contributed by atoms with Crippen LogP contribution in [0.2, 0.25) is 0 Å². The average Bonchev–Trinajstić information content (AvgIpc) is 1.64. The quantitative estimate of drug-likeness (QED) is 0.519. The van der Waals surface area contributed by atoms with Crippen LogP contribution >= 0.6 is 0 Å². The minimum Gasteiger partial charge on any atom is -0.389 e. The first-order valence-corrected chi connectivity index (χ1v) is 2.82. The SMILES string of the molecule is C#CCC(O)C(C)(C)O. The lowest BCUT2D eigenvalue weighted by Gasteiger charge is -2.22. The van der Waals surface area contributed by atoms with Gasteiger partial charge in [-0.25, -0.2) is 0 Å². The van der Waals surface area contributed by atoms with Gasteiger partial charge < -0.3 is 10.2 Å². The zero-order valence-corrected chi connectivity index (χ0v) is 5.76. The van der Waals surface area contributed by atoms with Gasteiger partial charge in [0.15, 0.2) is 0 Å². The van der Waals surface area contributed by atoms with Crippen LogP contribution in [0.1, 0.15) is 20.3 Å². The van der Waals surface area contributed by atoms with E-state index in [-0.39, 0.29) is 6.42 Å². The standard InChI is InChI=1S/C7H12O2/c1-4-5-6(8)7(2,3)9/h1,6,8-9H,5H2,2-3H3. The Kier molecular flexibility index (Phi) is 2.69. The number of hydrogen-bond donors (Lipinski definition) is 2. The van der Waals surface area contributed by atoms with E-state index in [2.05, 4.69) is 5.92 Å². The van der Waals surface area contributed by atoms with E-state index in [4.69, 9.17) is 16.6 Å². The van der Waals surface area contributed by atoms with Crippen LogP contribution in [-0.2, 0) is 0 Å². The molecule has 2 heteroatoms. The van der Waals surface area contributed by atoms with Crippen LogP contribution in [0.15, 0.2) is 0 Å². The topological polar surface area (TPSA) is 40.5 Å². The Labute approximate surface area is 55.5 Å². The van der Waals surface area contributed by atoms with E-state index >= 15 is 0 Å². The number of aliphatic hydroxyl groups is 2. The second-order valence-electron chi connectivity index (χ2n) is 2.58. The molecule has 0 saturated carbocycles. The molecule has 0 radical (unpaired) electrons. The highest BCUT2D eigenvalue weighted by molar-refractivity contribution is 4.91. The van der Waals surface area contributed by atoms with E-state index in [1.54, 1.807) is 0 Å². The van der Waals surface area contributed by atoms with Gasteiger partial charge in [-0.05, 0) is 13.8 Å². The van der Waals surface area contributed by atoms with E-state index in [1.807, 2.05) is 0 Å². The van der Waals surface area contributed by atoms with Crippen molar-refractivity contribution in [3.05, 3.63) is 0 Å². The fourth-order valence-corrected chi connectivity index (χ4v) is 0.361. The van der Waals surface area contributed by atoms with E-state index < -0.39 is 11.7 Å². The smallest absolute Gasteiger partial charge is 0.0930 e. The van der Waals surface area contributed by atoms with Crippen molar-refractivity contribution >= 4 is 0 Å². The second-order valence-corrected chi connectivity index (χ2v) is 2.58.